The SMILES string of the molecule is CN1C(N)=N[C@](C)(c2sc(-c3cc4cccc(F)c4[nH]3)cc2Cl)CS1(=O)=O. The molecule has 0 bridgehead atoms. The van der Waals surface area contributed by atoms with Gasteiger partial charge in [0.2, 0.25) is 16.0 Å². The van der Waals surface area contributed by atoms with Crippen LogP contribution in [0.15, 0.2) is 35.3 Å². The second-order valence-corrected chi connectivity index (χ2v) is 10.1. The summed E-state index contributed by atoms with van der Waals surface area (Å²) in [5, 5.41) is 1.14. The van der Waals surface area contributed by atoms with E-state index in [1.165, 1.54) is 24.5 Å². The van der Waals surface area contributed by atoms with E-state index in [-0.39, 0.29) is 17.5 Å². The number of rotatable bonds is 2. The maximum atomic E-state index is 14.0. The number of aromatic amines is 1. The minimum Gasteiger partial charge on any atom is -0.369 e. The molecular formula is C17H16ClFN4O2S2. The van der Waals surface area contributed by atoms with E-state index in [9.17, 15) is 12.8 Å². The molecule has 0 spiro atoms. The van der Waals surface area contributed by atoms with Crippen molar-refractivity contribution < 1.29 is 12.8 Å². The van der Waals surface area contributed by atoms with Gasteiger partial charge in [-0.25, -0.2) is 22.1 Å². The number of thiophene rings is 1. The van der Waals surface area contributed by atoms with Crippen molar-refractivity contribution in [1.82, 2.24) is 9.29 Å². The van der Waals surface area contributed by atoms with Gasteiger partial charge in [-0.15, -0.1) is 11.3 Å². The number of guanidine groups is 1. The number of nitrogens with zero attached hydrogens (tertiary/aromatic N) is 2. The highest BCUT2D eigenvalue weighted by atomic mass is 35.5. The lowest BCUT2D eigenvalue weighted by Gasteiger charge is -2.33. The molecule has 0 unspecified atom stereocenters. The summed E-state index contributed by atoms with van der Waals surface area (Å²) in [4.78, 5) is 8.80. The van der Waals surface area contributed by atoms with Crippen LogP contribution in [0.5, 0.6) is 0 Å². The molecule has 0 fully saturated rings. The molecule has 0 saturated heterocycles. The number of H-pyrrole nitrogens is 1. The summed E-state index contributed by atoms with van der Waals surface area (Å²) in [6.07, 6.45) is 0. The molecule has 3 aromatic rings. The molecule has 0 saturated carbocycles. The van der Waals surface area contributed by atoms with E-state index in [2.05, 4.69) is 9.98 Å². The van der Waals surface area contributed by atoms with Gasteiger partial charge < -0.3 is 10.7 Å². The Hall–Kier alpha value is -2.10. The summed E-state index contributed by atoms with van der Waals surface area (Å²) in [5.74, 6) is -0.659. The van der Waals surface area contributed by atoms with Crippen LogP contribution in [0, 0.1) is 5.82 Å². The second-order valence-electron chi connectivity index (χ2n) is 6.64. The van der Waals surface area contributed by atoms with Crippen molar-refractivity contribution in [2.45, 2.75) is 12.5 Å². The van der Waals surface area contributed by atoms with Crippen molar-refractivity contribution in [1.29, 1.82) is 0 Å². The summed E-state index contributed by atoms with van der Waals surface area (Å²) in [6.45, 7) is 1.69. The third-order valence-corrected chi connectivity index (χ3v) is 8.39. The van der Waals surface area contributed by atoms with E-state index in [4.69, 9.17) is 17.3 Å². The van der Waals surface area contributed by atoms with Crippen LogP contribution in [0.25, 0.3) is 21.5 Å². The van der Waals surface area contributed by atoms with Crippen molar-refractivity contribution in [3.05, 3.63) is 46.0 Å². The lowest BCUT2D eigenvalue weighted by molar-refractivity contribution is 0.482. The number of hydrogen-bond acceptors (Lipinski definition) is 5. The van der Waals surface area contributed by atoms with E-state index in [1.807, 2.05) is 12.1 Å². The molecule has 142 valence electrons. The molecule has 10 heteroatoms. The molecule has 1 aliphatic heterocycles. The Morgan fingerprint density at radius 1 is 1.41 bits per heavy atom. The van der Waals surface area contributed by atoms with Crippen LogP contribution in [-0.4, -0.2) is 36.5 Å². The molecule has 2 aromatic heterocycles. The average Bonchev–Trinajstić information content (AvgIpc) is 3.17. The Morgan fingerprint density at radius 2 is 2.15 bits per heavy atom. The molecular weight excluding hydrogens is 411 g/mol. The van der Waals surface area contributed by atoms with Gasteiger partial charge in [0.05, 0.1) is 31.7 Å². The highest BCUT2D eigenvalue weighted by molar-refractivity contribution is 7.89. The fourth-order valence-corrected chi connectivity index (χ4v) is 6.32. The number of nitrogens with one attached hydrogen (secondary N) is 1. The Labute approximate surface area is 164 Å². The van der Waals surface area contributed by atoms with Gasteiger partial charge in [0, 0.05) is 12.4 Å². The summed E-state index contributed by atoms with van der Waals surface area (Å²) in [7, 11) is -2.23. The number of aromatic nitrogens is 1. The van der Waals surface area contributed by atoms with E-state index in [0.29, 0.717) is 21.1 Å². The maximum Gasteiger partial charge on any atom is 0.239 e. The van der Waals surface area contributed by atoms with Crippen molar-refractivity contribution >= 4 is 49.8 Å². The first-order chi connectivity index (χ1) is 12.6. The van der Waals surface area contributed by atoms with Crippen LogP contribution >= 0.6 is 22.9 Å². The number of benzene rings is 1. The van der Waals surface area contributed by atoms with Crippen molar-refractivity contribution in [2.75, 3.05) is 12.8 Å². The predicted molar refractivity (Wildman–Crippen MR) is 107 cm³/mol. The Morgan fingerprint density at radius 3 is 2.81 bits per heavy atom. The number of halogens is 2. The van der Waals surface area contributed by atoms with Gasteiger partial charge >= 0.3 is 0 Å². The minimum atomic E-state index is -3.60. The Kier molecular flexibility index (Phi) is 4.03. The molecule has 1 atom stereocenters. The molecule has 4 rings (SSSR count). The molecule has 0 radical (unpaired) electrons. The van der Waals surface area contributed by atoms with Crippen LogP contribution < -0.4 is 5.73 Å². The number of hydrogen-bond donors (Lipinski definition) is 2. The largest absolute Gasteiger partial charge is 0.369 e. The summed E-state index contributed by atoms with van der Waals surface area (Å²) in [6, 6.07) is 8.40. The predicted octanol–water partition coefficient (Wildman–Crippen LogP) is 3.49. The van der Waals surface area contributed by atoms with E-state index in [0.717, 1.165) is 14.6 Å². The van der Waals surface area contributed by atoms with Gasteiger partial charge in [-0.3, -0.25) is 0 Å². The van der Waals surface area contributed by atoms with E-state index >= 15 is 0 Å². The lowest BCUT2D eigenvalue weighted by Crippen LogP contribution is -2.50. The zero-order chi connectivity index (χ0) is 19.6. The molecule has 0 aliphatic carbocycles. The monoisotopic (exact) mass is 426 g/mol. The quantitative estimate of drug-likeness (QED) is 0.657. The zero-order valence-corrected chi connectivity index (χ0v) is 16.8. The van der Waals surface area contributed by atoms with Crippen molar-refractivity contribution in [3.63, 3.8) is 0 Å². The van der Waals surface area contributed by atoms with Gasteiger partial charge in [-0.2, -0.15) is 0 Å². The van der Waals surface area contributed by atoms with Crippen LogP contribution in [0.1, 0.15) is 11.8 Å². The normalized spacial score (nSPS) is 22.2. The zero-order valence-electron chi connectivity index (χ0n) is 14.5. The van der Waals surface area contributed by atoms with Crippen LogP contribution in [0.2, 0.25) is 5.02 Å². The average molecular weight is 427 g/mol. The standard InChI is InChI=1S/C17H16ClFN4O2S2/c1-17(8-27(24,25)23(2)16(20)22-17)15-10(18)7-13(26-15)12-6-9-4-3-5-11(19)14(9)21-12/h3-7,21H,8H2,1-2H3,(H2,20,22)/t17-/m0/s1. The summed E-state index contributed by atoms with van der Waals surface area (Å²) >= 11 is 7.74. The molecule has 3 heterocycles. The van der Waals surface area contributed by atoms with Gasteiger partial charge in [0.1, 0.15) is 11.4 Å². The minimum absolute atomic E-state index is 0.0811. The highest BCUT2D eigenvalue weighted by Gasteiger charge is 2.42. The second kappa shape index (κ2) is 5.95. The molecule has 1 aromatic carbocycles. The summed E-state index contributed by atoms with van der Waals surface area (Å²) < 4.78 is 39.7. The van der Waals surface area contributed by atoms with Gasteiger partial charge in [-0.05, 0) is 25.1 Å². The topological polar surface area (TPSA) is 91.5 Å². The number of nitrogens with two attached hydrogens (primary N) is 1. The maximum absolute atomic E-state index is 14.0. The third kappa shape index (κ3) is 2.90. The first kappa shape index (κ1) is 18.3. The third-order valence-electron chi connectivity index (χ3n) is 4.61. The number of fused-ring (bicyclic) bond motifs is 1. The van der Waals surface area contributed by atoms with Crippen molar-refractivity contribution in [2.24, 2.45) is 10.7 Å². The Balaban J connectivity index is 1.83. The molecule has 1 aliphatic rings. The number of aliphatic imine (C=N–C) groups is 1. The lowest BCUT2D eigenvalue weighted by atomic mass is 10.0. The first-order valence-corrected chi connectivity index (χ1v) is 10.8. The molecule has 27 heavy (non-hydrogen) atoms. The molecule has 0 amide bonds. The van der Waals surface area contributed by atoms with Crippen LogP contribution in [-0.2, 0) is 15.6 Å². The fraction of sp³-hybridized carbons (Fsp3) is 0.235. The van der Waals surface area contributed by atoms with Gasteiger partial charge in [0.15, 0.2) is 0 Å². The van der Waals surface area contributed by atoms with Gasteiger partial charge in [0.25, 0.3) is 0 Å². The fourth-order valence-electron chi connectivity index (χ4n) is 3.19. The van der Waals surface area contributed by atoms with Crippen LogP contribution in [0.4, 0.5) is 4.39 Å². The van der Waals surface area contributed by atoms with E-state index < -0.39 is 15.6 Å². The molecule has 6 nitrogen and oxygen atoms in total. The summed E-state index contributed by atoms with van der Waals surface area (Å²) in [5.41, 5.74) is 5.83. The number of sulfonamides is 1. The van der Waals surface area contributed by atoms with Crippen molar-refractivity contribution in [3.8, 4) is 10.6 Å². The molecule has 3 N–H and O–H groups in total. The highest BCUT2D eigenvalue weighted by Crippen LogP contribution is 2.44. The Bertz CT molecular complexity index is 1200. The van der Waals surface area contributed by atoms with Crippen LogP contribution in [0.3, 0.4) is 0 Å². The smallest absolute Gasteiger partial charge is 0.239 e. The van der Waals surface area contributed by atoms with Gasteiger partial charge in [-0.1, -0.05) is 23.7 Å². The number of para-hydroxylation sites is 1. The first-order valence-electron chi connectivity index (χ1n) is 8.00. The van der Waals surface area contributed by atoms with E-state index in [1.54, 1.807) is 19.1 Å².